The molecule has 0 spiro atoms. The molecule has 78 valence electrons. The van der Waals surface area contributed by atoms with Gasteiger partial charge in [0.05, 0.1) is 6.42 Å². The smallest absolute Gasteiger partial charge is 0.321 e. The fourth-order valence-electron chi connectivity index (χ4n) is 0.202. The number of carboxylic acid groups (broad SMARTS) is 2. The first-order chi connectivity index (χ1) is 5.95. The lowest BCUT2D eigenvalue weighted by Crippen LogP contribution is -2.31. The van der Waals surface area contributed by atoms with Gasteiger partial charge < -0.3 is 21.7 Å². The van der Waals surface area contributed by atoms with Crippen molar-refractivity contribution in [3.05, 3.63) is 0 Å². The van der Waals surface area contributed by atoms with Crippen LogP contribution in [0.5, 0.6) is 0 Å². The van der Waals surface area contributed by atoms with Crippen LogP contribution in [0.1, 0.15) is 6.42 Å². The number of aliphatic carboxylic acids is 2. The number of nitrogens with two attached hydrogens (primary N) is 2. The zero-order chi connectivity index (χ0) is 10.9. The lowest BCUT2D eigenvalue weighted by molar-refractivity contribution is -0.138. The summed E-state index contributed by atoms with van der Waals surface area (Å²) in [4.78, 5) is 19.3. The third-order valence-electron chi connectivity index (χ3n) is 0.872. The molecule has 0 amide bonds. The fourth-order valence-corrected chi connectivity index (χ4v) is 0.358. The monoisotopic (exact) mass is 210 g/mol. The van der Waals surface area contributed by atoms with E-state index < -0.39 is 18.0 Å². The molecule has 0 fully saturated rings. The molecule has 6 N–H and O–H groups in total. The summed E-state index contributed by atoms with van der Waals surface area (Å²) in [5.74, 6) is -1.65. The van der Waals surface area contributed by atoms with Crippen LogP contribution in [-0.2, 0) is 9.59 Å². The van der Waals surface area contributed by atoms with Crippen LogP contribution in [0, 0.1) is 0 Å². The van der Waals surface area contributed by atoms with Crippen molar-refractivity contribution >= 4 is 24.6 Å². The number of carboxylic acids is 2. The van der Waals surface area contributed by atoms with Crippen LogP contribution < -0.4 is 11.5 Å². The minimum Gasteiger partial charge on any atom is -0.481 e. The summed E-state index contributed by atoms with van der Waals surface area (Å²) in [6.07, 6.45) is 0.0694. The van der Waals surface area contributed by atoms with E-state index in [-0.39, 0.29) is 18.7 Å². The van der Waals surface area contributed by atoms with E-state index in [1.165, 1.54) is 0 Å². The van der Waals surface area contributed by atoms with Gasteiger partial charge in [0.15, 0.2) is 0 Å². The van der Waals surface area contributed by atoms with Gasteiger partial charge in [0.25, 0.3) is 0 Å². The Labute approximate surface area is 81.3 Å². The van der Waals surface area contributed by atoms with Crippen LogP contribution in [0.2, 0.25) is 0 Å². The highest BCUT2D eigenvalue weighted by Crippen LogP contribution is 1.80. The second-order valence-corrected chi connectivity index (χ2v) is 2.42. The van der Waals surface area contributed by atoms with Gasteiger partial charge in [-0.3, -0.25) is 9.59 Å². The second-order valence-electron chi connectivity index (χ2n) is 2.06. The van der Waals surface area contributed by atoms with Gasteiger partial charge in [-0.2, -0.15) is 12.6 Å². The fraction of sp³-hybridized carbons (Fsp3) is 0.667. The molecule has 0 saturated heterocycles. The minimum absolute atomic E-state index is 0.0694. The molecule has 0 heterocycles. The van der Waals surface area contributed by atoms with Crippen LogP contribution in [-0.4, -0.2) is 40.5 Å². The van der Waals surface area contributed by atoms with Crippen LogP contribution in [0.4, 0.5) is 0 Å². The molecule has 0 aromatic heterocycles. The van der Waals surface area contributed by atoms with Crippen LogP contribution in [0.3, 0.4) is 0 Å². The average Bonchev–Trinajstić information content (AvgIpc) is 2.03. The molecule has 1 atom stereocenters. The maximum Gasteiger partial charge on any atom is 0.321 e. The molecule has 0 aromatic rings. The Morgan fingerprint density at radius 1 is 1.38 bits per heavy atom. The Kier molecular flexibility index (Phi) is 10.5. The van der Waals surface area contributed by atoms with Gasteiger partial charge in [0.2, 0.25) is 0 Å². The van der Waals surface area contributed by atoms with Crippen molar-refractivity contribution in [3.63, 3.8) is 0 Å². The van der Waals surface area contributed by atoms with E-state index in [0.29, 0.717) is 0 Å². The Balaban J connectivity index is 0. The molecule has 0 aliphatic heterocycles. The van der Waals surface area contributed by atoms with Crippen molar-refractivity contribution in [3.8, 4) is 0 Å². The molecule has 0 saturated carbocycles. The Morgan fingerprint density at radius 3 is 1.85 bits per heavy atom. The number of thiol groups is 1. The van der Waals surface area contributed by atoms with Gasteiger partial charge in [-0.15, -0.1) is 0 Å². The third-order valence-corrected chi connectivity index (χ3v) is 1.27. The van der Waals surface area contributed by atoms with E-state index in [0.717, 1.165) is 0 Å². The molecule has 7 heteroatoms. The SMILES string of the molecule is NC(CS)C(=O)O.NCCC(=O)O. The van der Waals surface area contributed by atoms with E-state index in [9.17, 15) is 9.59 Å². The van der Waals surface area contributed by atoms with E-state index in [1.807, 2.05) is 0 Å². The van der Waals surface area contributed by atoms with Gasteiger partial charge in [-0.05, 0) is 0 Å². The molecule has 0 aliphatic rings. The molecule has 1 unspecified atom stereocenters. The Bertz CT molecular complexity index is 165. The first kappa shape index (κ1) is 14.7. The molecule has 0 aliphatic carbocycles. The summed E-state index contributed by atoms with van der Waals surface area (Å²) < 4.78 is 0. The van der Waals surface area contributed by atoms with Crippen LogP contribution in [0.15, 0.2) is 0 Å². The van der Waals surface area contributed by atoms with Crippen LogP contribution >= 0.6 is 12.6 Å². The molecule has 0 aromatic carbocycles. The topological polar surface area (TPSA) is 127 Å². The zero-order valence-electron chi connectivity index (χ0n) is 7.01. The second kappa shape index (κ2) is 9.30. The van der Waals surface area contributed by atoms with Crippen molar-refractivity contribution in [2.75, 3.05) is 12.3 Å². The van der Waals surface area contributed by atoms with Crippen LogP contribution in [0.25, 0.3) is 0 Å². The Morgan fingerprint density at radius 2 is 1.85 bits per heavy atom. The van der Waals surface area contributed by atoms with Crippen molar-refractivity contribution < 1.29 is 19.8 Å². The first-order valence-electron chi connectivity index (χ1n) is 3.46. The highest BCUT2D eigenvalue weighted by Gasteiger charge is 2.06. The largest absolute Gasteiger partial charge is 0.481 e. The number of hydrogen-bond donors (Lipinski definition) is 5. The summed E-state index contributed by atoms with van der Waals surface area (Å²) in [7, 11) is 0. The van der Waals surface area contributed by atoms with Gasteiger partial charge in [0.1, 0.15) is 6.04 Å². The predicted molar refractivity (Wildman–Crippen MR) is 50.8 cm³/mol. The molecule has 0 radical (unpaired) electrons. The molecule has 0 rings (SSSR count). The van der Waals surface area contributed by atoms with Gasteiger partial charge >= 0.3 is 11.9 Å². The van der Waals surface area contributed by atoms with Gasteiger partial charge in [-0.25, -0.2) is 0 Å². The minimum atomic E-state index is -1.00. The number of carbonyl (C=O) groups is 2. The normalized spacial score (nSPS) is 11.0. The highest BCUT2D eigenvalue weighted by atomic mass is 32.1. The Hall–Kier alpha value is -0.790. The average molecular weight is 210 g/mol. The van der Waals surface area contributed by atoms with Gasteiger partial charge in [-0.1, -0.05) is 0 Å². The zero-order valence-corrected chi connectivity index (χ0v) is 7.91. The van der Waals surface area contributed by atoms with E-state index in [2.05, 4.69) is 12.6 Å². The van der Waals surface area contributed by atoms with E-state index >= 15 is 0 Å². The summed E-state index contributed by atoms with van der Waals surface area (Å²) in [6, 6.07) is -0.816. The molecule has 6 nitrogen and oxygen atoms in total. The third kappa shape index (κ3) is 14.1. The highest BCUT2D eigenvalue weighted by molar-refractivity contribution is 7.80. The molecular weight excluding hydrogens is 196 g/mol. The lowest BCUT2D eigenvalue weighted by Gasteiger charge is -1.96. The molecule has 0 bridgehead atoms. The van der Waals surface area contributed by atoms with Crippen molar-refractivity contribution in [2.45, 2.75) is 12.5 Å². The lowest BCUT2D eigenvalue weighted by atomic mass is 10.4. The summed E-state index contributed by atoms with van der Waals surface area (Å²) in [5.41, 5.74) is 9.79. The number of hydrogen-bond acceptors (Lipinski definition) is 5. The molecule has 13 heavy (non-hydrogen) atoms. The first-order valence-corrected chi connectivity index (χ1v) is 4.10. The van der Waals surface area contributed by atoms with Crippen molar-refractivity contribution in [2.24, 2.45) is 11.5 Å². The summed E-state index contributed by atoms with van der Waals surface area (Å²) in [6.45, 7) is 0.231. The van der Waals surface area contributed by atoms with E-state index in [1.54, 1.807) is 0 Å². The summed E-state index contributed by atoms with van der Waals surface area (Å²) in [5, 5.41) is 15.8. The van der Waals surface area contributed by atoms with Crippen molar-refractivity contribution in [1.82, 2.24) is 0 Å². The predicted octanol–water partition coefficient (Wildman–Crippen LogP) is -1.25. The maximum absolute atomic E-state index is 9.76. The standard InChI is InChI=1S/C3H7NO2S.C3H7NO2/c4-2(1-7)3(5)6;4-2-1-3(5)6/h2,7H,1,4H2,(H,5,6);1-2,4H2,(H,5,6). The van der Waals surface area contributed by atoms with Gasteiger partial charge in [0, 0.05) is 12.3 Å². The van der Waals surface area contributed by atoms with E-state index in [4.69, 9.17) is 21.7 Å². The maximum atomic E-state index is 9.76. The van der Waals surface area contributed by atoms with Crippen molar-refractivity contribution in [1.29, 1.82) is 0 Å². The summed E-state index contributed by atoms with van der Waals surface area (Å²) >= 11 is 3.65. The number of rotatable bonds is 4. The molecular formula is C6H14N2O4S. The quantitative estimate of drug-likeness (QED) is 0.369.